The van der Waals surface area contributed by atoms with Crippen LogP contribution in [0.5, 0.6) is 0 Å². The minimum Gasteiger partial charge on any atom is -0.360 e. The van der Waals surface area contributed by atoms with Gasteiger partial charge < -0.3 is 14.7 Å². The van der Waals surface area contributed by atoms with Crippen LogP contribution >= 0.6 is 11.3 Å². The molecule has 1 N–H and O–H groups in total. The molecule has 0 atom stereocenters. The van der Waals surface area contributed by atoms with E-state index in [1.807, 2.05) is 16.8 Å². The highest BCUT2D eigenvalue weighted by molar-refractivity contribution is 7.07. The van der Waals surface area contributed by atoms with Crippen LogP contribution in [0.4, 0.5) is 5.82 Å². The van der Waals surface area contributed by atoms with Crippen LogP contribution in [0, 0.1) is 6.92 Å². The number of hydrogen-bond donors (Lipinski definition) is 1. The van der Waals surface area contributed by atoms with Gasteiger partial charge in [0.05, 0.1) is 13.0 Å². The number of carbonyl (C=O) groups is 2. The van der Waals surface area contributed by atoms with Crippen LogP contribution < -0.4 is 5.32 Å². The first-order chi connectivity index (χ1) is 9.54. The molecule has 0 unspecified atom stereocenters. The number of hydrogen-bond acceptors (Lipinski definition) is 5. The first-order valence-electron chi connectivity index (χ1n) is 6.03. The van der Waals surface area contributed by atoms with E-state index in [1.165, 1.54) is 4.90 Å². The molecular weight excluding hydrogens is 278 g/mol. The number of nitrogens with one attached hydrogen (secondary N) is 1. The summed E-state index contributed by atoms with van der Waals surface area (Å²) in [4.78, 5) is 25.1. The lowest BCUT2D eigenvalue weighted by Crippen LogP contribution is -2.35. The van der Waals surface area contributed by atoms with E-state index in [-0.39, 0.29) is 18.4 Å². The number of thiophene rings is 1. The van der Waals surface area contributed by atoms with Crippen molar-refractivity contribution in [2.24, 2.45) is 0 Å². The van der Waals surface area contributed by atoms with Crippen LogP contribution in [0.25, 0.3) is 0 Å². The van der Waals surface area contributed by atoms with Crippen molar-refractivity contribution in [2.75, 3.05) is 18.9 Å². The van der Waals surface area contributed by atoms with Crippen molar-refractivity contribution < 1.29 is 14.1 Å². The topological polar surface area (TPSA) is 75.4 Å². The molecule has 0 bridgehead atoms. The zero-order valence-electron chi connectivity index (χ0n) is 11.3. The Kier molecular flexibility index (Phi) is 4.52. The second-order valence-electron chi connectivity index (χ2n) is 4.43. The van der Waals surface area contributed by atoms with Crippen LogP contribution in [-0.2, 0) is 16.0 Å². The van der Waals surface area contributed by atoms with Gasteiger partial charge >= 0.3 is 0 Å². The third kappa shape index (κ3) is 3.92. The van der Waals surface area contributed by atoms with Crippen molar-refractivity contribution in [3.05, 3.63) is 34.2 Å². The van der Waals surface area contributed by atoms with Crippen LogP contribution in [0.3, 0.4) is 0 Å². The predicted octanol–water partition coefficient (Wildman–Crippen LogP) is 1.68. The monoisotopic (exact) mass is 293 g/mol. The van der Waals surface area contributed by atoms with Gasteiger partial charge in [-0.15, -0.1) is 0 Å². The lowest BCUT2D eigenvalue weighted by atomic mass is 10.2. The average Bonchev–Trinajstić information content (AvgIpc) is 3.01. The Hall–Kier alpha value is -2.15. The third-order valence-electron chi connectivity index (χ3n) is 2.64. The SMILES string of the molecule is Cc1cc(NC(=O)CN(C)C(=O)Cc2ccsc2)no1. The summed E-state index contributed by atoms with van der Waals surface area (Å²) in [6.45, 7) is 1.72. The number of amides is 2. The smallest absolute Gasteiger partial charge is 0.245 e. The summed E-state index contributed by atoms with van der Waals surface area (Å²) in [5.41, 5.74) is 0.958. The van der Waals surface area contributed by atoms with Crippen molar-refractivity contribution in [3.8, 4) is 0 Å². The number of nitrogens with zero attached hydrogens (tertiary/aromatic N) is 2. The molecule has 7 heteroatoms. The molecule has 0 radical (unpaired) electrons. The summed E-state index contributed by atoms with van der Waals surface area (Å²) in [5.74, 6) is 0.558. The van der Waals surface area contributed by atoms with Crippen LogP contribution in [0.15, 0.2) is 27.4 Å². The second-order valence-corrected chi connectivity index (χ2v) is 5.21. The number of rotatable bonds is 5. The molecule has 2 rings (SSSR count). The Morgan fingerprint density at radius 3 is 2.90 bits per heavy atom. The summed E-state index contributed by atoms with van der Waals surface area (Å²) >= 11 is 1.54. The van der Waals surface area contributed by atoms with Crippen molar-refractivity contribution in [2.45, 2.75) is 13.3 Å². The molecule has 0 aromatic carbocycles. The fourth-order valence-corrected chi connectivity index (χ4v) is 2.28. The summed E-state index contributed by atoms with van der Waals surface area (Å²) in [5, 5.41) is 10.1. The maximum absolute atomic E-state index is 11.9. The molecule has 0 spiro atoms. The van der Waals surface area contributed by atoms with E-state index in [0.29, 0.717) is 18.0 Å². The predicted molar refractivity (Wildman–Crippen MR) is 75.5 cm³/mol. The van der Waals surface area contributed by atoms with Gasteiger partial charge in [-0.2, -0.15) is 11.3 Å². The van der Waals surface area contributed by atoms with Gasteiger partial charge in [-0.1, -0.05) is 5.16 Å². The molecular formula is C13H15N3O3S. The van der Waals surface area contributed by atoms with Gasteiger partial charge in [-0.3, -0.25) is 9.59 Å². The van der Waals surface area contributed by atoms with Gasteiger partial charge in [0.1, 0.15) is 5.76 Å². The largest absolute Gasteiger partial charge is 0.360 e. The summed E-state index contributed by atoms with van der Waals surface area (Å²) in [7, 11) is 1.60. The summed E-state index contributed by atoms with van der Waals surface area (Å²) < 4.78 is 4.84. The molecule has 0 aliphatic heterocycles. The molecule has 2 aromatic rings. The number of likely N-dealkylation sites (N-methyl/N-ethyl adjacent to an activating group) is 1. The zero-order chi connectivity index (χ0) is 14.5. The van der Waals surface area contributed by atoms with Crippen LogP contribution in [0.1, 0.15) is 11.3 Å². The first kappa shape index (κ1) is 14.3. The highest BCUT2D eigenvalue weighted by Crippen LogP contribution is 2.09. The average molecular weight is 293 g/mol. The fraction of sp³-hybridized carbons (Fsp3) is 0.308. The fourth-order valence-electron chi connectivity index (χ4n) is 1.61. The van der Waals surface area contributed by atoms with E-state index in [2.05, 4.69) is 10.5 Å². The Labute approximate surface area is 120 Å². The van der Waals surface area contributed by atoms with Crippen molar-refractivity contribution >= 4 is 29.0 Å². The number of anilines is 1. The molecule has 106 valence electrons. The second kappa shape index (κ2) is 6.33. The Bertz CT molecular complexity index is 592. The maximum atomic E-state index is 11.9. The molecule has 0 saturated carbocycles. The Balaban J connectivity index is 1.82. The van der Waals surface area contributed by atoms with Crippen molar-refractivity contribution in [1.82, 2.24) is 10.1 Å². The van der Waals surface area contributed by atoms with Crippen molar-refractivity contribution in [1.29, 1.82) is 0 Å². The molecule has 0 fully saturated rings. The lowest BCUT2D eigenvalue weighted by Gasteiger charge is -2.15. The van der Waals surface area contributed by atoms with Crippen LogP contribution in [0.2, 0.25) is 0 Å². The van der Waals surface area contributed by atoms with Crippen LogP contribution in [-0.4, -0.2) is 35.5 Å². The number of aromatic nitrogens is 1. The van der Waals surface area contributed by atoms with E-state index in [9.17, 15) is 9.59 Å². The highest BCUT2D eigenvalue weighted by Gasteiger charge is 2.14. The Morgan fingerprint density at radius 1 is 1.50 bits per heavy atom. The molecule has 0 aliphatic rings. The normalized spacial score (nSPS) is 10.3. The quantitative estimate of drug-likeness (QED) is 0.910. The first-order valence-corrected chi connectivity index (χ1v) is 6.97. The van der Waals surface area contributed by atoms with Crippen molar-refractivity contribution in [3.63, 3.8) is 0 Å². The van der Waals surface area contributed by atoms with E-state index in [1.54, 1.807) is 31.4 Å². The molecule has 0 aliphatic carbocycles. The zero-order valence-corrected chi connectivity index (χ0v) is 12.1. The molecule has 20 heavy (non-hydrogen) atoms. The molecule has 2 heterocycles. The van der Waals surface area contributed by atoms with E-state index in [4.69, 9.17) is 4.52 Å². The van der Waals surface area contributed by atoms with Gasteiger partial charge in [-0.25, -0.2) is 0 Å². The van der Waals surface area contributed by atoms with Gasteiger partial charge in [0.25, 0.3) is 0 Å². The minimum atomic E-state index is -0.306. The maximum Gasteiger partial charge on any atom is 0.245 e. The third-order valence-corrected chi connectivity index (χ3v) is 3.37. The van der Waals surface area contributed by atoms with Gasteiger partial charge in [0, 0.05) is 13.1 Å². The summed E-state index contributed by atoms with van der Waals surface area (Å²) in [6, 6.07) is 3.51. The van der Waals surface area contributed by atoms with E-state index in [0.717, 1.165) is 5.56 Å². The molecule has 2 aromatic heterocycles. The number of carbonyl (C=O) groups excluding carboxylic acids is 2. The molecule has 6 nitrogen and oxygen atoms in total. The van der Waals surface area contributed by atoms with Gasteiger partial charge in [0.15, 0.2) is 5.82 Å². The standard InChI is InChI=1S/C13H15N3O3S/c1-9-5-11(15-19-9)14-12(17)7-16(2)13(18)6-10-3-4-20-8-10/h3-5,8H,6-7H2,1-2H3,(H,14,15,17). The van der Waals surface area contributed by atoms with E-state index < -0.39 is 0 Å². The highest BCUT2D eigenvalue weighted by atomic mass is 32.1. The lowest BCUT2D eigenvalue weighted by molar-refractivity contribution is -0.132. The Morgan fingerprint density at radius 2 is 2.30 bits per heavy atom. The summed E-state index contributed by atoms with van der Waals surface area (Å²) in [6.07, 6.45) is 0.302. The van der Waals surface area contributed by atoms with Gasteiger partial charge in [0.2, 0.25) is 11.8 Å². The molecule has 0 saturated heterocycles. The minimum absolute atomic E-state index is 0.0190. The number of aryl methyl sites for hydroxylation is 1. The van der Waals surface area contributed by atoms with Gasteiger partial charge in [-0.05, 0) is 29.3 Å². The molecule has 2 amide bonds. The van der Waals surface area contributed by atoms with E-state index >= 15 is 0 Å².